The molecule has 2 nitrogen and oxygen atoms in total. The molecule has 0 radical (unpaired) electrons. The van der Waals surface area contributed by atoms with Crippen LogP contribution in [0.1, 0.15) is 25.0 Å². The van der Waals surface area contributed by atoms with Crippen molar-refractivity contribution in [2.24, 2.45) is 0 Å². The Morgan fingerprint density at radius 1 is 0.368 bits per heavy atom. The summed E-state index contributed by atoms with van der Waals surface area (Å²) in [7, 11) is 0. The van der Waals surface area contributed by atoms with E-state index in [9.17, 15) is 0 Å². The molecule has 11 rings (SSSR count). The van der Waals surface area contributed by atoms with Gasteiger partial charge in [-0.1, -0.05) is 178 Å². The maximum absolute atomic E-state index is 6.56. The lowest BCUT2D eigenvalue weighted by Crippen LogP contribution is -2.16. The number of rotatable bonds is 6. The highest BCUT2D eigenvalue weighted by Crippen LogP contribution is 2.51. The van der Waals surface area contributed by atoms with Crippen molar-refractivity contribution < 1.29 is 4.42 Å². The van der Waals surface area contributed by atoms with E-state index in [0.29, 0.717) is 0 Å². The standard InChI is InChI=1S/C55H39NO/c1-55(2)50-21-10-8-16-44(50)45-32-31-41(35-51(45)55)56(40-29-27-39(28-30-40)38-25-23-37(24-26-38)36-13-4-3-5-14-36)52-34-33-43(42-15-6-7-17-46(42)52)48-19-12-20-49-47-18-9-11-22-53(47)57-54(48)49/h3-35H,1-2H3. The number of nitrogens with zero attached hydrogens (tertiary/aromatic N) is 1. The molecule has 0 unspecified atom stereocenters. The highest BCUT2D eigenvalue weighted by molar-refractivity contribution is 6.14. The first kappa shape index (κ1) is 33.2. The van der Waals surface area contributed by atoms with E-state index in [-0.39, 0.29) is 5.41 Å². The van der Waals surface area contributed by atoms with Crippen LogP contribution in [0.4, 0.5) is 17.1 Å². The lowest BCUT2D eigenvalue weighted by atomic mass is 9.82. The van der Waals surface area contributed by atoms with Crippen LogP contribution in [-0.4, -0.2) is 0 Å². The fraction of sp³-hybridized carbons (Fsp3) is 0.0545. The molecule has 9 aromatic carbocycles. The zero-order valence-corrected chi connectivity index (χ0v) is 31.9. The van der Waals surface area contributed by atoms with E-state index in [1.807, 2.05) is 6.07 Å². The highest BCUT2D eigenvalue weighted by atomic mass is 16.3. The second kappa shape index (κ2) is 13.0. The van der Waals surface area contributed by atoms with E-state index in [0.717, 1.165) is 50.1 Å². The summed E-state index contributed by atoms with van der Waals surface area (Å²) >= 11 is 0. The second-order valence-corrected chi connectivity index (χ2v) is 15.7. The molecule has 0 fully saturated rings. The maximum atomic E-state index is 6.56. The zero-order valence-electron chi connectivity index (χ0n) is 31.9. The van der Waals surface area contributed by atoms with Crippen LogP contribution in [-0.2, 0) is 5.41 Å². The minimum Gasteiger partial charge on any atom is -0.455 e. The van der Waals surface area contributed by atoms with Gasteiger partial charge >= 0.3 is 0 Å². The van der Waals surface area contributed by atoms with Crippen molar-refractivity contribution in [1.82, 2.24) is 0 Å². The predicted octanol–water partition coefficient (Wildman–Crippen LogP) is 15.5. The molecular weight excluding hydrogens is 691 g/mol. The Labute approximate surface area is 332 Å². The molecule has 0 spiro atoms. The molecule has 270 valence electrons. The normalized spacial score (nSPS) is 12.9. The van der Waals surface area contributed by atoms with Gasteiger partial charge in [-0.15, -0.1) is 0 Å². The summed E-state index contributed by atoms with van der Waals surface area (Å²) in [5.74, 6) is 0. The van der Waals surface area contributed by atoms with Crippen LogP contribution >= 0.6 is 0 Å². The minimum atomic E-state index is -0.124. The van der Waals surface area contributed by atoms with Gasteiger partial charge in [-0.3, -0.25) is 0 Å². The maximum Gasteiger partial charge on any atom is 0.143 e. The average molecular weight is 730 g/mol. The molecule has 1 heterocycles. The topological polar surface area (TPSA) is 16.4 Å². The minimum absolute atomic E-state index is 0.124. The molecule has 0 bridgehead atoms. The molecule has 0 saturated heterocycles. The van der Waals surface area contributed by atoms with Gasteiger partial charge in [0.1, 0.15) is 11.2 Å². The zero-order chi connectivity index (χ0) is 38.1. The quantitative estimate of drug-likeness (QED) is 0.169. The molecular formula is C55H39NO. The van der Waals surface area contributed by atoms with Gasteiger partial charge < -0.3 is 9.32 Å². The summed E-state index contributed by atoms with van der Waals surface area (Å²) in [6, 6.07) is 72.6. The van der Waals surface area contributed by atoms with E-state index in [1.54, 1.807) is 0 Å². The highest BCUT2D eigenvalue weighted by Gasteiger charge is 2.36. The molecule has 1 aromatic heterocycles. The molecule has 2 heteroatoms. The van der Waals surface area contributed by atoms with Gasteiger partial charge in [-0.2, -0.15) is 0 Å². The molecule has 1 aliphatic carbocycles. The molecule has 0 saturated carbocycles. The Morgan fingerprint density at radius 3 is 1.68 bits per heavy atom. The van der Waals surface area contributed by atoms with Crippen molar-refractivity contribution in [1.29, 1.82) is 0 Å². The van der Waals surface area contributed by atoms with Gasteiger partial charge in [-0.05, 0) is 91.9 Å². The van der Waals surface area contributed by atoms with E-state index < -0.39 is 0 Å². The van der Waals surface area contributed by atoms with Gasteiger partial charge in [0.25, 0.3) is 0 Å². The Hall–Kier alpha value is -7.16. The van der Waals surface area contributed by atoms with E-state index in [2.05, 4.69) is 213 Å². The number of hydrogen-bond acceptors (Lipinski definition) is 2. The van der Waals surface area contributed by atoms with E-state index in [1.165, 1.54) is 55.3 Å². The lowest BCUT2D eigenvalue weighted by Gasteiger charge is -2.29. The van der Waals surface area contributed by atoms with Crippen molar-refractivity contribution in [2.75, 3.05) is 4.90 Å². The first-order chi connectivity index (χ1) is 28.0. The number of para-hydroxylation sites is 2. The first-order valence-corrected chi connectivity index (χ1v) is 19.8. The average Bonchev–Trinajstić information content (AvgIpc) is 3.76. The van der Waals surface area contributed by atoms with Crippen LogP contribution in [0.25, 0.3) is 77.2 Å². The first-order valence-electron chi connectivity index (χ1n) is 19.8. The SMILES string of the molecule is CC1(C)c2ccccc2-c2ccc(N(c3ccc(-c4ccc(-c5ccccc5)cc4)cc3)c3ccc(-c4cccc5c4oc4ccccc45)c4ccccc34)cc21. The van der Waals surface area contributed by atoms with Crippen LogP contribution in [0.5, 0.6) is 0 Å². The fourth-order valence-corrected chi connectivity index (χ4v) is 9.22. The molecule has 0 aliphatic heterocycles. The molecule has 0 atom stereocenters. The monoisotopic (exact) mass is 729 g/mol. The summed E-state index contributed by atoms with van der Waals surface area (Å²) in [6.45, 7) is 4.71. The third-order valence-electron chi connectivity index (χ3n) is 12.1. The van der Waals surface area contributed by atoms with Crippen molar-refractivity contribution in [3.05, 3.63) is 211 Å². The van der Waals surface area contributed by atoms with Crippen molar-refractivity contribution in [3.63, 3.8) is 0 Å². The van der Waals surface area contributed by atoms with Gasteiger partial charge in [0.05, 0.1) is 5.69 Å². The third-order valence-corrected chi connectivity index (χ3v) is 12.1. The summed E-state index contributed by atoms with van der Waals surface area (Å²) < 4.78 is 6.56. The van der Waals surface area contributed by atoms with Gasteiger partial charge in [-0.25, -0.2) is 0 Å². The van der Waals surface area contributed by atoms with E-state index in [4.69, 9.17) is 4.42 Å². The smallest absolute Gasteiger partial charge is 0.143 e. The van der Waals surface area contributed by atoms with Crippen LogP contribution in [0.3, 0.4) is 0 Å². The molecule has 0 N–H and O–H groups in total. The Kier molecular flexibility index (Phi) is 7.55. The van der Waals surface area contributed by atoms with Gasteiger partial charge in [0.2, 0.25) is 0 Å². The Balaban J connectivity index is 1.07. The number of furan rings is 1. The van der Waals surface area contributed by atoms with Gasteiger partial charge in [0.15, 0.2) is 0 Å². The third kappa shape index (κ3) is 5.33. The van der Waals surface area contributed by atoms with Gasteiger partial charge in [0, 0.05) is 38.5 Å². The fourth-order valence-electron chi connectivity index (χ4n) is 9.22. The summed E-state index contributed by atoms with van der Waals surface area (Å²) in [5, 5.41) is 4.62. The number of hydrogen-bond donors (Lipinski definition) is 0. The molecule has 57 heavy (non-hydrogen) atoms. The largest absolute Gasteiger partial charge is 0.455 e. The summed E-state index contributed by atoms with van der Waals surface area (Å²) in [6.07, 6.45) is 0. The number of anilines is 3. The van der Waals surface area contributed by atoms with E-state index >= 15 is 0 Å². The molecule has 0 amide bonds. The molecule has 10 aromatic rings. The molecule has 1 aliphatic rings. The van der Waals surface area contributed by atoms with Crippen LogP contribution < -0.4 is 4.90 Å². The van der Waals surface area contributed by atoms with Crippen molar-refractivity contribution in [3.8, 4) is 44.5 Å². The number of fused-ring (bicyclic) bond motifs is 7. The number of benzene rings is 9. The van der Waals surface area contributed by atoms with Crippen LogP contribution in [0, 0.1) is 0 Å². The summed E-state index contributed by atoms with van der Waals surface area (Å²) in [5.41, 5.74) is 17.5. The predicted molar refractivity (Wildman–Crippen MR) is 240 cm³/mol. The van der Waals surface area contributed by atoms with Crippen LogP contribution in [0.15, 0.2) is 205 Å². The lowest BCUT2D eigenvalue weighted by molar-refractivity contribution is 0.660. The summed E-state index contributed by atoms with van der Waals surface area (Å²) in [4.78, 5) is 2.44. The Bertz CT molecular complexity index is 3130. The van der Waals surface area contributed by atoms with Crippen molar-refractivity contribution >= 4 is 49.8 Å². The van der Waals surface area contributed by atoms with Crippen molar-refractivity contribution in [2.45, 2.75) is 19.3 Å². The van der Waals surface area contributed by atoms with Crippen LogP contribution in [0.2, 0.25) is 0 Å². The Morgan fingerprint density at radius 2 is 0.912 bits per heavy atom. The second-order valence-electron chi connectivity index (χ2n) is 15.7.